The predicted octanol–water partition coefficient (Wildman–Crippen LogP) is 4.41. The van der Waals surface area contributed by atoms with Gasteiger partial charge in [-0.3, -0.25) is 0 Å². The molecule has 2 fully saturated rings. The third-order valence-electron chi connectivity index (χ3n) is 6.46. The first-order chi connectivity index (χ1) is 14.0. The van der Waals surface area contributed by atoms with Crippen molar-refractivity contribution in [1.29, 1.82) is 0 Å². The van der Waals surface area contributed by atoms with Crippen molar-refractivity contribution in [3.63, 3.8) is 0 Å². The molecule has 5 atom stereocenters. The van der Waals surface area contributed by atoms with E-state index >= 15 is 0 Å². The van der Waals surface area contributed by atoms with E-state index in [0.717, 1.165) is 0 Å². The first kappa shape index (κ1) is 26.5. The Morgan fingerprint density at radius 1 is 1.10 bits per heavy atom. The van der Waals surface area contributed by atoms with Crippen molar-refractivity contribution in [2.45, 2.75) is 110 Å². The van der Waals surface area contributed by atoms with Crippen LogP contribution in [0.5, 0.6) is 0 Å². The molecule has 0 aromatic rings. The molecule has 7 nitrogen and oxygen atoms in total. The number of hydrogen-bond donors (Lipinski definition) is 0. The summed E-state index contributed by atoms with van der Waals surface area (Å²) in [5.74, 6) is -1.94. The van der Waals surface area contributed by atoms with Gasteiger partial charge in [-0.05, 0) is 51.9 Å². The van der Waals surface area contributed by atoms with Gasteiger partial charge in [-0.1, -0.05) is 27.7 Å². The third kappa shape index (κ3) is 6.62. The molecule has 0 N–H and O–H groups in total. The SMILES string of the molecule is COC(=O)/C=C/[C@@H]1OC(C)(C)O[C@H]1[C@@H](C)[C@@H](O[Si](C)(C)C(C)(C)C)[C@H]1COC(C)(C)O1. The smallest absolute Gasteiger partial charge is 0.330 e. The van der Waals surface area contributed by atoms with Crippen LogP contribution in [-0.4, -0.2) is 64.0 Å². The quantitative estimate of drug-likeness (QED) is 0.318. The Kier molecular flexibility index (Phi) is 7.88. The molecule has 0 saturated carbocycles. The van der Waals surface area contributed by atoms with E-state index in [1.165, 1.54) is 13.2 Å². The van der Waals surface area contributed by atoms with Crippen LogP contribution in [0.4, 0.5) is 0 Å². The van der Waals surface area contributed by atoms with Crippen molar-refractivity contribution >= 4 is 14.3 Å². The number of carbonyl (C=O) groups excluding carboxylic acids is 1. The summed E-state index contributed by atoms with van der Waals surface area (Å²) < 4.78 is 36.1. The van der Waals surface area contributed by atoms with Crippen molar-refractivity contribution in [2.75, 3.05) is 13.7 Å². The molecular formula is C23H42O7Si. The van der Waals surface area contributed by atoms with Crippen LogP contribution in [0.15, 0.2) is 12.2 Å². The highest BCUT2D eigenvalue weighted by molar-refractivity contribution is 6.74. The van der Waals surface area contributed by atoms with Crippen LogP contribution in [0.25, 0.3) is 0 Å². The molecule has 8 heteroatoms. The van der Waals surface area contributed by atoms with Crippen LogP contribution in [0.2, 0.25) is 18.1 Å². The Morgan fingerprint density at radius 3 is 2.19 bits per heavy atom. The van der Waals surface area contributed by atoms with E-state index in [1.54, 1.807) is 6.08 Å². The molecule has 2 rings (SSSR count). The molecular weight excluding hydrogens is 416 g/mol. The third-order valence-corrected chi connectivity index (χ3v) is 10.9. The Morgan fingerprint density at radius 2 is 1.71 bits per heavy atom. The van der Waals surface area contributed by atoms with E-state index in [4.69, 9.17) is 28.1 Å². The molecule has 0 radical (unpaired) electrons. The number of hydrogen-bond acceptors (Lipinski definition) is 7. The van der Waals surface area contributed by atoms with Gasteiger partial charge >= 0.3 is 5.97 Å². The van der Waals surface area contributed by atoms with E-state index in [1.807, 2.05) is 27.7 Å². The molecule has 31 heavy (non-hydrogen) atoms. The van der Waals surface area contributed by atoms with Crippen LogP contribution in [0.1, 0.15) is 55.4 Å². The maximum absolute atomic E-state index is 11.7. The molecule has 0 spiro atoms. The molecule has 180 valence electrons. The van der Waals surface area contributed by atoms with Crippen molar-refractivity contribution in [3.8, 4) is 0 Å². The number of ether oxygens (including phenoxy) is 5. The van der Waals surface area contributed by atoms with Gasteiger partial charge < -0.3 is 28.1 Å². The standard InChI is InChI=1S/C23H42O7Si/c1-15(19-16(12-13-18(24)25-9)27-23(7,8)29-19)20(17-14-26-22(5,6)28-17)30-31(10,11)21(2,3)4/h12-13,15-17,19-20H,14H2,1-11H3/b13-12+/t15-,16+,17-,19+,20-/m1/s1. The minimum absolute atomic E-state index is 0.0381. The summed E-state index contributed by atoms with van der Waals surface area (Å²) in [5, 5.41) is 0.0381. The molecule has 2 aliphatic rings. The lowest BCUT2D eigenvalue weighted by Gasteiger charge is -2.43. The monoisotopic (exact) mass is 458 g/mol. The second-order valence-corrected chi connectivity index (χ2v) is 15.8. The largest absolute Gasteiger partial charge is 0.466 e. The fourth-order valence-electron chi connectivity index (χ4n) is 3.72. The topological polar surface area (TPSA) is 72.5 Å². The maximum atomic E-state index is 11.7. The van der Waals surface area contributed by atoms with E-state index in [9.17, 15) is 4.79 Å². The first-order valence-corrected chi connectivity index (χ1v) is 14.0. The van der Waals surface area contributed by atoms with Crippen LogP contribution < -0.4 is 0 Å². The summed E-state index contributed by atoms with van der Waals surface area (Å²) >= 11 is 0. The second kappa shape index (κ2) is 9.23. The molecule has 0 amide bonds. The zero-order chi connectivity index (χ0) is 23.8. The van der Waals surface area contributed by atoms with Crippen LogP contribution >= 0.6 is 0 Å². The summed E-state index contributed by atoms with van der Waals surface area (Å²) in [6.07, 6.45) is 1.89. The van der Waals surface area contributed by atoms with Gasteiger partial charge in [0.1, 0.15) is 12.2 Å². The van der Waals surface area contributed by atoms with Gasteiger partial charge in [-0.15, -0.1) is 0 Å². The average Bonchev–Trinajstić information content (AvgIpc) is 3.14. The van der Waals surface area contributed by atoms with Crippen molar-refractivity contribution in [3.05, 3.63) is 12.2 Å². The predicted molar refractivity (Wildman–Crippen MR) is 121 cm³/mol. The highest BCUT2D eigenvalue weighted by Gasteiger charge is 2.51. The zero-order valence-electron chi connectivity index (χ0n) is 21.1. The Bertz CT molecular complexity index is 665. The van der Waals surface area contributed by atoms with Crippen LogP contribution in [0, 0.1) is 5.92 Å². The van der Waals surface area contributed by atoms with Gasteiger partial charge in [0.25, 0.3) is 0 Å². The maximum Gasteiger partial charge on any atom is 0.330 e. The average molecular weight is 459 g/mol. The minimum Gasteiger partial charge on any atom is -0.466 e. The Hall–Kier alpha value is -0.773. The van der Waals surface area contributed by atoms with E-state index < -0.39 is 32.0 Å². The number of carbonyl (C=O) groups is 1. The molecule has 0 unspecified atom stereocenters. The normalized spacial score (nSPS) is 30.5. The lowest BCUT2D eigenvalue weighted by Crippen LogP contribution is -2.53. The van der Waals surface area contributed by atoms with Crippen LogP contribution in [0.3, 0.4) is 0 Å². The fraction of sp³-hybridized carbons (Fsp3) is 0.870. The van der Waals surface area contributed by atoms with Gasteiger partial charge in [-0.25, -0.2) is 4.79 Å². The van der Waals surface area contributed by atoms with Crippen molar-refractivity contribution < 1.29 is 32.9 Å². The van der Waals surface area contributed by atoms with E-state index in [2.05, 4.69) is 40.8 Å². The van der Waals surface area contributed by atoms with Gasteiger partial charge in [0, 0.05) is 12.0 Å². The lowest BCUT2D eigenvalue weighted by molar-refractivity contribution is -0.168. The molecule has 0 aromatic heterocycles. The molecule has 0 aromatic carbocycles. The van der Waals surface area contributed by atoms with E-state index in [-0.39, 0.29) is 29.3 Å². The van der Waals surface area contributed by atoms with E-state index in [0.29, 0.717) is 6.61 Å². The summed E-state index contributed by atoms with van der Waals surface area (Å²) in [6.45, 7) is 21.3. The van der Waals surface area contributed by atoms with Crippen molar-refractivity contribution in [1.82, 2.24) is 0 Å². The number of methoxy groups -OCH3 is 1. The molecule has 0 bridgehead atoms. The Balaban J connectivity index is 2.34. The van der Waals surface area contributed by atoms with Crippen LogP contribution in [-0.2, 0) is 32.9 Å². The summed E-state index contributed by atoms with van der Waals surface area (Å²) in [7, 11) is -0.767. The summed E-state index contributed by atoms with van der Waals surface area (Å²) in [6, 6.07) is 0. The highest BCUT2D eigenvalue weighted by atomic mass is 28.4. The van der Waals surface area contributed by atoms with Gasteiger partial charge in [0.2, 0.25) is 0 Å². The number of esters is 1. The lowest BCUT2D eigenvalue weighted by atomic mass is 9.91. The van der Waals surface area contributed by atoms with Crippen molar-refractivity contribution in [2.24, 2.45) is 5.92 Å². The number of rotatable bonds is 7. The molecule has 2 aliphatic heterocycles. The summed E-state index contributed by atoms with van der Waals surface area (Å²) in [4.78, 5) is 11.7. The highest BCUT2D eigenvalue weighted by Crippen LogP contribution is 2.42. The minimum atomic E-state index is -2.12. The second-order valence-electron chi connectivity index (χ2n) is 11.0. The van der Waals surface area contributed by atoms with Gasteiger partial charge in [-0.2, -0.15) is 0 Å². The van der Waals surface area contributed by atoms with Gasteiger partial charge in [0.15, 0.2) is 19.9 Å². The molecule has 0 aliphatic carbocycles. The zero-order valence-corrected chi connectivity index (χ0v) is 22.1. The Labute approximate surface area is 188 Å². The molecule has 2 heterocycles. The summed E-state index contributed by atoms with van der Waals surface area (Å²) in [5.41, 5.74) is 0. The fourth-order valence-corrected chi connectivity index (χ4v) is 5.12. The first-order valence-electron chi connectivity index (χ1n) is 11.1. The molecule has 2 saturated heterocycles. The van der Waals surface area contributed by atoms with Gasteiger partial charge in [0.05, 0.1) is 25.9 Å².